The van der Waals surface area contributed by atoms with Crippen LogP contribution in [0, 0.1) is 47.3 Å². The molecule has 2 fully saturated rings. The molecule has 0 spiro atoms. The van der Waals surface area contributed by atoms with Crippen molar-refractivity contribution >= 4 is 65.0 Å². The maximum absolute atomic E-state index is 15.3. The van der Waals surface area contributed by atoms with Gasteiger partial charge in [0, 0.05) is 55.4 Å². The van der Waals surface area contributed by atoms with Crippen molar-refractivity contribution in [3.05, 3.63) is 0 Å². The molecule has 0 aliphatic carbocycles. The second-order valence-electron chi connectivity index (χ2n) is 28.7. The zero-order chi connectivity index (χ0) is 70.7. The summed E-state index contributed by atoms with van der Waals surface area (Å²) < 4.78 is 11.4. The number of carbonyl (C=O) groups is 11. The van der Waals surface area contributed by atoms with Gasteiger partial charge in [-0.2, -0.15) is 0 Å². The Morgan fingerprint density at radius 1 is 0.467 bits per heavy atom. The van der Waals surface area contributed by atoms with Gasteiger partial charge in [0.2, 0.25) is 53.2 Å². The van der Waals surface area contributed by atoms with Crippen LogP contribution in [0.2, 0.25) is 0 Å². The van der Waals surface area contributed by atoms with Crippen molar-refractivity contribution < 1.29 is 72.4 Å². The van der Waals surface area contributed by atoms with Crippen LogP contribution in [0.4, 0.5) is 0 Å². The number of nitrogens with one attached hydrogen (secondary N) is 4. The molecule has 26 heteroatoms. The molecular formula is C66H119N11O15. The minimum atomic E-state index is -1.76. The minimum Gasteiger partial charge on any atom is -0.450 e. The number of ether oxygens (including phenoxy) is 2. The van der Waals surface area contributed by atoms with Crippen molar-refractivity contribution in [1.82, 2.24) is 55.6 Å². The van der Waals surface area contributed by atoms with E-state index in [1.807, 2.05) is 69.2 Å². The maximum Gasteiger partial charge on any atom is 0.329 e. The standard InChI is InChI=1S/C66H119N11O15/c1-36(2)30-46-61(85)73(20)49(33-39(7)8)57(81)67-44(16)66(90)92-56(42(13)14)65(89)74(21)50(34-40(9)10)59(83)69-47(31-37(3)4)62(86)75(22)53(41(11)12)64(88)76(23)54(55(80)43(15)24-25-77-26-28-91-29-27-77)60(84)70-52(45(17)78)63(87)71(18)35-51(79)72(19)48(32-38(5)6)58(82)68-46/h36-50,52-56,78,80H,24-35H2,1-23H3,(H,67,81)(H,68,82)(H,69,83)(H,70,84)/t43-,44-,45-,46-,47-,48+,49-,50-,52+,53-,54-,55-,56+/m1/s1. The highest BCUT2D eigenvalue weighted by Gasteiger charge is 2.46. The van der Waals surface area contributed by atoms with Crippen LogP contribution in [0.3, 0.4) is 0 Å². The van der Waals surface area contributed by atoms with Gasteiger partial charge in [0.25, 0.3) is 5.91 Å². The molecular weight excluding hydrogens is 1190 g/mol. The Kier molecular flexibility index (Phi) is 33.7. The summed E-state index contributed by atoms with van der Waals surface area (Å²) in [5.74, 6) is -11.5. The number of aliphatic hydroxyl groups is 2. The quantitative estimate of drug-likeness (QED) is 0.107. The Balaban J connectivity index is 3.02. The zero-order valence-corrected chi connectivity index (χ0v) is 59.9. The predicted octanol–water partition coefficient (Wildman–Crippen LogP) is 2.11. The van der Waals surface area contributed by atoms with E-state index in [4.69, 9.17) is 9.47 Å². The number of cyclic esters (lactones) is 1. The molecule has 0 radical (unpaired) electrons. The average Bonchev–Trinajstić information content (AvgIpc) is 0.841. The van der Waals surface area contributed by atoms with Gasteiger partial charge in [0.05, 0.1) is 32.0 Å². The Hall–Kier alpha value is -5.99. The molecule has 0 bridgehead atoms. The fourth-order valence-electron chi connectivity index (χ4n) is 11.7. The normalized spacial score (nSPS) is 27.2. The van der Waals surface area contributed by atoms with Crippen molar-refractivity contribution in [3.63, 3.8) is 0 Å². The second kappa shape index (κ2) is 37.8. The lowest BCUT2D eigenvalue weighted by Crippen LogP contribution is -2.64. The summed E-state index contributed by atoms with van der Waals surface area (Å²) in [4.78, 5) is 171. The molecule has 6 N–H and O–H groups in total. The van der Waals surface area contributed by atoms with E-state index in [-0.39, 0.29) is 61.7 Å². The van der Waals surface area contributed by atoms with Crippen LogP contribution in [-0.4, -0.2) is 264 Å². The monoisotopic (exact) mass is 1310 g/mol. The maximum atomic E-state index is 15.3. The highest BCUT2D eigenvalue weighted by molar-refractivity contribution is 5.99. The van der Waals surface area contributed by atoms with Gasteiger partial charge in [-0.25, -0.2) is 4.79 Å². The number of esters is 1. The van der Waals surface area contributed by atoms with Crippen molar-refractivity contribution in [3.8, 4) is 0 Å². The summed E-state index contributed by atoms with van der Waals surface area (Å²) >= 11 is 0. The Labute approximate surface area is 549 Å². The molecule has 528 valence electrons. The lowest BCUT2D eigenvalue weighted by molar-refractivity contribution is -0.166. The molecule has 0 aromatic carbocycles. The first-order valence-electron chi connectivity index (χ1n) is 33.2. The summed E-state index contributed by atoms with van der Waals surface area (Å²) in [5.41, 5.74) is 0. The fourth-order valence-corrected chi connectivity index (χ4v) is 11.7. The Bertz CT molecular complexity index is 2470. The van der Waals surface area contributed by atoms with Gasteiger partial charge in [0.1, 0.15) is 54.4 Å². The molecule has 0 unspecified atom stereocenters. The summed E-state index contributed by atoms with van der Waals surface area (Å²) in [6.45, 7) is 31.6. The first-order valence-corrected chi connectivity index (χ1v) is 33.2. The molecule has 2 aliphatic heterocycles. The van der Waals surface area contributed by atoms with Crippen LogP contribution < -0.4 is 21.3 Å². The lowest BCUT2D eigenvalue weighted by Gasteiger charge is -2.40. The van der Waals surface area contributed by atoms with E-state index < -0.39 is 162 Å². The molecule has 26 nitrogen and oxygen atoms in total. The molecule has 0 aromatic rings. The van der Waals surface area contributed by atoms with E-state index in [1.165, 1.54) is 70.8 Å². The lowest BCUT2D eigenvalue weighted by atomic mass is 9.91. The van der Waals surface area contributed by atoms with Gasteiger partial charge < -0.3 is 70.4 Å². The van der Waals surface area contributed by atoms with Gasteiger partial charge in [0.15, 0.2) is 6.10 Å². The molecule has 2 rings (SSSR count). The molecule has 0 saturated carbocycles. The van der Waals surface area contributed by atoms with E-state index in [2.05, 4.69) is 26.2 Å². The van der Waals surface area contributed by atoms with Crippen LogP contribution in [0.25, 0.3) is 0 Å². The molecule has 2 aliphatic rings. The van der Waals surface area contributed by atoms with E-state index in [9.17, 15) is 48.6 Å². The fraction of sp³-hybridized carbons (Fsp3) is 0.833. The van der Waals surface area contributed by atoms with E-state index in [0.717, 1.165) is 14.7 Å². The number of nitrogens with zero attached hydrogens (tertiary/aromatic N) is 7. The second-order valence-corrected chi connectivity index (χ2v) is 28.7. The smallest absolute Gasteiger partial charge is 0.329 e. The Morgan fingerprint density at radius 2 is 0.880 bits per heavy atom. The van der Waals surface area contributed by atoms with E-state index >= 15 is 14.4 Å². The number of aliphatic hydroxyl groups excluding tert-OH is 2. The van der Waals surface area contributed by atoms with E-state index in [0.29, 0.717) is 39.3 Å². The highest BCUT2D eigenvalue weighted by atomic mass is 16.6. The largest absolute Gasteiger partial charge is 0.450 e. The topological polar surface area (TPSA) is 317 Å². The van der Waals surface area contributed by atoms with Crippen molar-refractivity contribution in [2.24, 2.45) is 47.3 Å². The SMILES string of the molecule is CC(C)C[C@@H]1C(=O)N[C@H](CC(C)C)C(=O)N(C)[C@H](C(C)C)C(=O)N(C)[C@H]([C@H](O)[C@H](C)CCN2CCOCC2)C(=O)N[C@@H]([C@@H](C)O)C(=O)N(C)CC(=O)N(C)[C@@H](CC(C)C)C(=O)N[C@H](CC(C)C)C(=O)N(C)[C@H](CC(C)C)C(=O)N[C@H](C)C(=O)O[C@@H](C(C)C)C(=O)N1C. The molecule has 13 atom stereocenters. The molecule has 10 amide bonds. The number of likely N-dealkylation sites (N-methyl/N-ethyl adjacent to an activating group) is 6. The third-order valence-corrected chi connectivity index (χ3v) is 17.3. The molecule has 92 heavy (non-hydrogen) atoms. The number of morpholine rings is 1. The van der Waals surface area contributed by atoms with Gasteiger partial charge in [-0.1, -0.05) is 104 Å². The molecule has 0 aromatic heterocycles. The Morgan fingerprint density at radius 3 is 1.30 bits per heavy atom. The third kappa shape index (κ3) is 24.1. The van der Waals surface area contributed by atoms with Crippen LogP contribution in [-0.2, 0) is 62.2 Å². The van der Waals surface area contributed by atoms with Crippen molar-refractivity contribution in [2.45, 2.75) is 229 Å². The number of carbonyl (C=O) groups excluding carboxylic acids is 11. The van der Waals surface area contributed by atoms with Crippen LogP contribution >= 0.6 is 0 Å². The van der Waals surface area contributed by atoms with Gasteiger partial charge in [-0.05, 0) is 106 Å². The highest BCUT2D eigenvalue weighted by Crippen LogP contribution is 2.25. The van der Waals surface area contributed by atoms with Crippen LogP contribution in [0.5, 0.6) is 0 Å². The zero-order valence-electron chi connectivity index (χ0n) is 59.9. The number of hydrogen-bond acceptors (Lipinski definition) is 16. The van der Waals surface area contributed by atoms with Crippen molar-refractivity contribution in [1.29, 1.82) is 0 Å². The van der Waals surface area contributed by atoms with Crippen LogP contribution in [0.1, 0.15) is 156 Å². The number of amides is 10. The molecule has 2 saturated heterocycles. The summed E-state index contributed by atoms with van der Waals surface area (Å²) in [7, 11) is 8.17. The van der Waals surface area contributed by atoms with Crippen LogP contribution in [0.15, 0.2) is 0 Å². The number of hydrogen-bond donors (Lipinski definition) is 6. The average molecular weight is 1310 g/mol. The predicted molar refractivity (Wildman–Crippen MR) is 349 cm³/mol. The summed E-state index contributed by atoms with van der Waals surface area (Å²) in [5, 5.41) is 34.7. The van der Waals surface area contributed by atoms with Gasteiger partial charge in [-0.15, -0.1) is 0 Å². The van der Waals surface area contributed by atoms with Gasteiger partial charge >= 0.3 is 5.97 Å². The summed E-state index contributed by atoms with van der Waals surface area (Å²) in [6, 6.07) is -12.3. The van der Waals surface area contributed by atoms with Gasteiger partial charge in [-0.3, -0.25) is 52.8 Å². The first kappa shape index (κ1) is 82.1. The van der Waals surface area contributed by atoms with E-state index in [1.54, 1.807) is 34.6 Å². The third-order valence-electron chi connectivity index (χ3n) is 17.3. The van der Waals surface area contributed by atoms with Crippen molar-refractivity contribution in [2.75, 3.05) is 81.7 Å². The minimum absolute atomic E-state index is 0.0786. The molecule has 2 heterocycles. The first-order chi connectivity index (χ1) is 42.6. The number of rotatable bonds is 18. The summed E-state index contributed by atoms with van der Waals surface area (Å²) in [6.07, 6.45) is -3.80.